The highest BCUT2D eigenvalue weighted by atomic mass is 35.5. The third-order valence-electron chi connectivity index (χ3n) is 3.03. The zero-order valence-corrected chi connectivity index (χ0v) is 10.8. The Morgan fingerprint density at radius 2 is 2.18 bits per heavy atom. The first-order valence-corrected chi connectivity index (χ1v) is 6.10. The quantitative estimate of drug-likeness (QED) is 0.879. The van der Waals surface area contributed by atoms with Crippen LogP contribution in [0.5, 0.6) is 0 Å². The van der Waals surface area contributed by atoms with Crippen molar-refractivity contribution >= 4 is 17.5 Å². The number of hydrogen-bond acceptors (Lipinski definition) is 5. The van der Waals surface area contributed by atoms with Crippen molar-refractivity contribution in [3.8, 4) is 0 Å². The molecule has 2 atom stereocenters. The molecule has 1 aliphatic heterocycles. The van der Waals surface area contributed by atoms with E-state index in [9.17, 15) is 0 Å². The summed E-state index contributed by atoms with van der Waals surface area (Å²) in [5.41, 5.74) is 0. The van der Waals surface area contributed by atoms with Gasteiger partial charge in [-0.15, -0.1) is 0 Å². The van der Waals surface area contributed by atoms with E-state index < -0.39 is 0 Å². The normalized spacial score (nSPS) is 25.1. The number of hydrogen-bond donors (Lipinski definition) is 1. The van der Waals surface area contributed by atoms with E-state index in [0.717, 1.165) is 19.6 Å². The van der Waals surface area contributed by atoms with Gasteiger partial charge in [0, 0.05) is 20.2 Å². The molecule has 1 aromatic rings. The zero-order chi connectivity index (χ0) is 12.3. The van der Waals surface area contributed by atoms with Crippen LogP contribution in [-0.4, -0.2) is 53.8 Å². The molecule has 0 radical (unpaired) electrons. The monoisotopic (exact) mass is 256 g/mol. The van der Waals surface area contributed by atoms with Crippen LogP contribution in [0.2, 0.25) is 5.02 Å². The second-order valence-electron chi connectivity index (χ2n) is 4.10. The molecule has 1 aromatic heterocycles. The van der Waals surface area contributed by atoms with Crippen LogP contribution in [0.15, 0.2) is 12.4 Å². The van der Waals surface area contributed by atoms with Gasteiger partial charge in [0.25, 0.3) is 0 Å². The summed E-state index contributed by atoms with van der Waals surface area (Å²) in [6.07, 6.45) is 3.35. The predicted octanol–water partition coefficient (Wildman–Crippen LogP) is 1.26. The summed E-state index contributed by atoms with van der Waals surface area (Å²) in [4.78, 5) is 10.6. The van der Waals surface area contributed by atoms with E-state index in [1.165, 1.54) is 0 Å². The molecule has 0 aromatic carbocycles. The molecule has 17 heavy (non-hydrogen) atoms. The average molecular weight is 257 g/mol. The first-order valence-electron chi connectivity index (χ1n) is 5.72. The molecule has 2 heterocycles. The second kappa shape index (κ2) is 5.62. The minimum Gasteiger partial charge on any atom is -0.378 e. The van der Waals surface area contributed by atoms with Crippen molar-refractivity contribution in [2.75, 3.05) is 32.1 Å². The molecule has 1 N–H and O–H groups in total. The van der Waals surface area contributed by atoms with Gasteiger partial charge in [0.2, 0.25) is 5.95 Å². The van der Waals surface area contributed by atoms with Gasteiger partial charge in [-0.1, -0.05) is 18.5 Å². The van der Waals surface area contributed by atoms with Crippen LogP contribution >= 0.6 is 11.6 Å². The molecule has 1 aliphatic rings. The number of anilines is 1. The number of likely N-dealkylation sites (tertiary alicyclic amines) is 1. The van der Waals surface area contributed by atoms with Gasteiger partial charge in [0.1, 0.15) is 0 Å². The molecular formula is C11H17ClN4O. The van der Waals surface area contributed by atoms with Crippen molar-refractivity contribution in [2.24, 2.45) is 0 Å². The Hall–Kier alpha value is -0.910. The Morgan fingerprint density at radius 3 is 2.76 bits per heavy atom. The molecule has 0 unspecified atom stereocenters. The van der Waals surface area contributed by atoms with Crippen molar-refractivity contribution in [1.82, 2.24) is 14.9 Å². The number of nitrogens with one attached hydrogen (secondary N) is 1. The van der Waals surface area contributed by atoms with E-state index >= 15 is 0 Å². The van der Waals surface area contributed by atoms with E-state index in [1.54, 1.807) is 19.5 Å². The van der Waals surface area contributed by atoms with Gasteiger partial charge in [-0.2, -0.15) is 0 Å². The van der Waals surface area contributed by atoms with Gasteiger partial charge < -0.3 is 10.1 Å². The Balaban J connectivity index is 2.00. The van der Waals surface area contributed by atoms with Gasteiger partial charge >= 0.3 is 0 Å². The lowest BCUT2D eigenvalue weighted by Gasteiger charge is -2.18. The van der Waals surface area contributed by atoms with Crippen molar-refractivity contribution in [3.63, 3.8) is 0 Å². The smallest absolute Gasteiger partial charge is 0.223 e. The lowest BCUT2D eigenvalue weighted by atomic mass is 10.2. The highest BCUT2D eigenvalue weighted by Gasteiger charge is 2.32. The number of nitrogens with zero attached hydrogens (tertiary/aromatic N) is 3. The van der Waals surface area contributed by atoms with Gasteiger partial charge in [-0.3, -0.25) is 4.90 Å². The number of likely N-dealkylation sites (N-methyl/N-ethyl adjacent to an activating group) is 1. The van der Waals surface area contributed by atoms with Crippen LogP contribution in [0.3, 0.4) is 0 Å². The number of halogens is 1. The van der Waals surface area contributed by atoms with Crippen molar-refractivity contribution in [1.29, 1.82) is 0 Å². The van der Waals surface area contributed by atoms with E-state index in [0.29, 0.717) is 11.0 Å². The largest absolute Gasteiger partial charge is 0.378 e. The van der Waals surface area contributed by atoms with Gasteiger partial charge in [0.15, 0.2) is 0 Å². The molecule has 0 aliphatic carbocycles. The molecule has 5 nitrogen and oxygen atoms in total. The predicted molar refractivity (Wildman–Crippen MR) is 67.4 cm³/mol. The second-order valence-corrected chi connectivity index (χ2v) is 4.54. The fourth-order valence-corrected chi connectivity index (χ4v) is 2.14. The highest BCUT2D eigenvalue weighted by Crippen LogP contribution is 2.16. The third-order valence-corrected chi connectivity index (χ3v) is 3.22. The first-order chi connectivity index (χ1) is 8.22. The first kappa shape index (κ1) is 12.5. The minimum absolute atomic E-state index is 0.175. The molecule has 1 saturated heterocycles. The Kier molecular flexibility index (Phi) is 4.15. The summed E-state index contributed by atoms with van der Waals surface area (Å²) in [6.45, 7) is 5.06. The van der Waals surface area contributed by atoms with E-state index in [2.05, 4.69) is 27.1 Å². The maximum atomic E-state index is 5.74. The highest BCUT2D eigenvalue weighted by molar-refractivity contribution is 6.30. The van der Waals surface area contributed by atoms with Crippen LogP contribution in [0.1, 0.15) is 6.92 Å². The fraction of sp³-hybridized carbons (Fsp3) is 0.636. The van der Waals surface area contributed by atoms with Crippen molar-refractivity contribution in [3.05, 3.63) is 17.4 Å². The Morgan fingerprint density at radius 1 is 1.47 bits per heavy atom. The summed E-state index contributed by atoms with van der Waals surface area (Å²) < 4.78 is 5.47. The molecule has 94 valence electrons. The molecule has 1 fully saturated rings. The van der Waals surface area contributed by atoms with E-state index in [1.807, 2.05) is 0 Å². The lowest BCUT2D eigenvalue weighted by molar-refractivity contribution is 0.102. The van der Waals surface area contributed by atoms with Gasteiger partial charge in [-0.25, -0.2) is 9.97 Å². The zero-order valence-electron chi connectivity index (χ0n) is 10.1. The molecule has 6 heteroatoms. The standard InChI is InChI=1S/C11H17ClN4O/c1-3-16-6-9(10(7-16)17-2)15-11-13-4-8(12)5-14-11/h4-5,9-10H,3,6-7H2,1-2H3,(H,13,14,15)/t9-,10-/m0/s1. The Labute approximate surface area is 106 Å². The Bertz CT molecular complexity index is 359. The molecule has 0 saturated carbocycles. The van der Waals surface area contributed by atoms with E-state index in [4.69, 9.17) is 16.3 Å². The van der Waals surface area contributed by atoms with Crippen molar-refractivity contribution in [2.45, 2.75) is 19.1 Å². The fourth-order valence-electron chi connectivity index (χ4n) is 2.04. The molecular weight excluding hydrogens is 240 g/mol. The molecule has 0 bridgehead atoms. The average Bonchev–Trinajstić information content (AvgIpc) is 2.74. The van der Waals surface area contributed by atoms with E-state index in [-0.39, 0.29) is 12.1 Å². The summed E-state index contributed by atoms with van der Waals surface area (Å²) in [6, 6.07) is 0.223. The SMILES string of the molecule is CCN1C[C@H](Nc2ncc(Cl)cn2)[C@@H](OC)C1. The molecule has 0 amide bonds. The van der Waals surface area contributed by atoms with Crippen LogP contribution in [0.4, 0.5) is 5.95 Å². The number of rotatable bonds is 4. The number of aromatic nitrogens is 2. The molecule has 2 rings (SSSR count). The van der Waals surface area contributed by atoms with Crippen LogP contribution in [0, 0.1) is 0 Å². The summed E-state index contributed by atoms with van der Waals surface area (Å²) >= 11 is 5.74. The summed E-state index contributed by atoms with van der Waals surface area (Å²) in [7, 11) is 1.74. The number of ether oxygens (including phenoxy) is 1. The lowest BCUT2D eigenvalue weighted by Crippen LogP contribution is -2.34. The minimum atomic E-state index is 0.175. The van der Waals surface area contributed by atoms with Crippen molar-refractivity contribution < 1.29 is 4.74 Å². The maximum absolute atomic E-state index is 5.74. The van der Waals surface area contributed by atoms with Gasteiger partial charge in [-0.05, 0) is 6.54 Å². The van der Waals surface area contributed by atoms with Crippen LogP contribution < -0.4 is 5.32 Å². The number of methoxy groups -OCH3 is 1. The summed E-state index contributed by atoms with van der Waals surface area (Å²) in [5, 5.41) is 3.83. The maximum Gasteiger partial charge on any atom is 0.223 e. The van der Waals surface area contributed by atoms with Gasteiger partial charge in [0.05, 0.1) is 29.6 Å². The van der Waals surface area contributed by atoms with Crippen LogP contribution in [0.25, 0.3) is 0 Å². The van der Waals surface area contributed by atoms with Crippen LogP contribution in [-0.2, 0) is 4.74 Å². The third kappa shape index (κ3) is 3.06. The summed E-state index contributed by atoms with van der Waals surface area (Å²) in [5.74, 6) is 0.597. The topological polar surface area (TPSA) is 50.3 Å². The molecule has 0 spiro atoms.